The maximum absolute atomic E-state index is 12.4. The van der Waals surface area contributed by atoms with Crippen molar-refractivity contribution >= 4 is 11.6 Å². The molecule has 0 heterocycles. The van der Waals surface area contributed by atoms with Crippen LogP contribution in [0, 0.1) is 22.7 Å². The van der Waals surface area contributed by atoms with E-state index in [9.17, 15) is 22.8 Å². The van der Waals surface area contributed by atoms with Crippen molar-refractivity contribution in [3.05, 3.63) is 0 Å². The number of rotatable bonds is 1. The molecule has 5 heteroatoms. The molecule has 3 aliphatic rings. The number of Topliss-reactive ketones (excluding diaryl/α,β-unsaturated/α-hetero) is 2. The summed E-state index contributed by atoms with van der Waals surface area (Å²) < 4.78 is 37.3. The van der Waals surface area contributed by atoms with Gasteiger partial charge < -0.3 is 0 Å². The van der Waals surface area contributed by atoms with Gasteiger partial charge in [-0.3, -0.25) is 9.59 Å². The Morgan fingerprint density at radius 3 is 2.18 bits per heavy atom. The first-order valence-electron chi connectivity index (χ1n) is 5.66. The molecule has 2 bridgehead atoms. The minimum Gasteiger partial charge on any atom is -0.299 e. The van der Waals surface area contributed by atoms with E-state index in [1.807, 2.05) is 0 Å². The Kier molecular flexibility index (Phi) is 2.31. The molecule has 0 aromatic heterocycles. The number of hydrogen-bond acceptors (Lipinski definition) is 2. The highest BCUT2D eigenvalue weighted by atomic mass is 19.4. The van der Waals surface area contributed by atoms with Crippen LogP contribution in [0.5, 0.6) is 0 Å². The van der Waals surface area contributed by atoms with Crippen molar-refractivity contribution < 1.29 is 22.8 Å². The summed E-state index contributed by atoms with van der Waals surface area (Å²) in [6.07, 6.45) is -4.67. The molecule has 3 atom stereocenters. The van der Waals surface area contributed by atoms with Gasteiger partial charge in [-0.15, -0.1) is 0 Å². The molecule has 3 rings (SSSR count). The van der Waals surface area contributed by atoms with Gasteiger partial charge in [0.05, 0.1) is 0 Å². The van der Waals surface area contributed by atoms with Crippen LogP contribution in [0.2, 0.25) is 0 Å². The van der Waals surface area contributed by atoms with Crippen LogP contribution < -0.4 is 0 Å². The topological polar surface area (TPSA) is 34.1 Å². The number of hydrogen-bond donors (Lipinski definition) is 0. The summed E-state index contributed by atoms with van der Waals surface area (Å²) >= 11 is 0. The Bertz CT molecular complexity index is 397. The number of carbonyl (C=O) groups is 2. The van der Waals surface area contributed by atoms with Gasteiger partial charge >= 0.3 is 6.18 Å². The minimum absolute atomic E-state index is 0.201. The van der Waals surface area contributed by atoms with Gasteiger partial charge in [0.25, 0.3) is 0 Å². The van der Waals surface area contributed by atoms with E-state index in [1.165, 1.54) is 0 Å². The van der Waals surface area contributed by atoms with Gasteiger partial charge in [-0.2, -0.15) is 13.2 Å². The number of fused-ring (bicyclic) bond motifs is 2. The van der Waals surface area contributed by atoms with E-state index >= 15 is 0 Å². The van der Waals surface area contributed by atoms with Crippen molar-refractivity contribution in [2.24, 2.45) is 22.7 Å². The number of alkyl halides is 3. The molecule has 0 aromatic carbocycles. The van der Waals surface area contributed by atoms with Crippen LogP contribution in [0.1, 0.15) is 33.6 Å². The summed E-state index contributed by atoms with van der Waals surface area (Å²) in [4.78, 5) is 23.2. The summed E-state index contributed by atoms with van der Waals surface area (Å²) in [5, 5.41) is 0. The summed E-state index contributed by atoms with van der Waals surface area (Å²) in [7, 11) is 0. The normalized spacial score (nSPS) is 39.8. The highest BCUT2D eigenvalue weighted by molar-refractivity contribution is 5.97. The van der Waals surface area contributed by atoms with E-state index in [0.29, 0.717) is 6.42 Å². The molecule has 2 nitrogen and oxygen atoms in total. The van der Waals surface area contributed by atoms with Gasteiger partial charge in [0, 0.05) is 17.8 Å². The third-order valence-corrected chi connectivity index (χ3v) is 5.10. The largest absolute Gasteiger partial charge is 0.450 e. The molecule has 0 aromatic rings. The zero-order valence-electron chi connectivity index (χ0n) is 10.0. The van der Waals surface area contributed by atoms with Crippen LogP contribution in [0.25, 0.3) is 0 Å². The highest BCUT2D eigenvalue weighted by Gasteiger charge is 2.69. The Labute approximate surface area is 97.6 Å². The molecule has 3 fully saturated rings. The van der Waals surface area contributed by atoms with E-state index in [4.69, 9.17) is 0 Å². The van der Waals surface area contributed by atoms with Gasteiger partial charge in [0.15, 0.2) is 0 Å². The minimum atomic E-state index is -4.83. The monoisotopic (exact) mass is 248 g/mol. The molecule has 0 spiro atoms. The lowest BCUT2D eigenvalue weighted by atomic mass is 9.37. The predicted molar refractivity (Wildman–Crippen MR) is 54.2 cm³/mol. The molecule has 1 unspecified atom stereocenters. The molecule has 96 valence electrons. The second-order valence-corrected chi connectivity index (χ2v) is 5.96. The average Bonchev–Trinajstić information content (AvgIpc) is 2.18. The smallest absolute Gasteiger partial charge is 0.299 e. The van der Waals surface area contributed by atoms with Crippen LogP contribution in [0.15, 0.2) is 0 Å². The Hall–Kier alpha value is -0.870. The van der Waals surface area contributed by atoms with Crippen LogP contribution in [0.4, 0.5) is 13.2 Å². The van der Waals surface area contributed by atoms with Crippen LogP contribution in [-0.4, -0.2) is 17.7 Å². The molecule has 0 radical (unpaired) electrons. The first-order valence-corrected chi connectivity index (χ1v) is 5.66. The molecule has 0 aliphatic heterocycles. The third kappa shape index (κ3) is 1.40. The fourth-order valence-electron chi connectivity index (χ4n) is 3.41. The molecular formula is C12H15F3O2. The van der Waals surface area contributed by atoms with Crippen LogP contribution in [-0.2, 0) is 9.59 Å². The average molecular weight is 248 g/mol. The first-order chi connectivity index (χ1) is 7.52. The fourth-order valence-corrected chi connectivity index (χ4v) is 3.41. The Balaban J connectivity index is 2.31. The second-order valence-electron chi connectivity index (χ2n) is 5.96. The van der Waals surface area contributed by atoms with Crippen molar-refractivity contribution in [1.29, 1.82) is 0 Å². The van der Waals surface area contributed by atoms with Gasteiger partial charge in [-0.05, 0) is 17.8 Å². The van der Waals surface area contributed by atoms with Gasteiger partial charge in [-0.25, -0.2) is 0 Å². The van der Waals surface area contributed by atoms with E-state index in [0.717, 1.165) is 0 Å². The molecule has 17 heavy (non-hydrogen) atoms. The SMILES string of the molecule is CC1(C)[C@H]2C[C@]1(C)C(=O)CC2C(=O)C(F)(F)F. The van der Waals surface area contributed by atoms with Gasteiger partial charge in [-0.1, -0.05) is 20.8 Å². The lowest BCUT2D eigenvalue weighted by Crippen LogP contribution is -2.66. The quantitative estimate of drug-likeness (QED) is 0.715. The second kappa shape index (κ2) is 3.12. The zero-order valence-corrected chi connectivity index (χ0v) is 10.0. The van der Waals surface area contributed by atoms with Crippen molar-refractivity contribution in [3.8, 4) is 0 Å². The number of halogens is 3. The predicted octanol–water partition coefficient (Wildman–Crippen LogP) is 2.76. The summed E-state index contributed by atoms with van der Waals surface area (Å²) in [5.41, 5.74) is -1.05. The highest BCUT2D eigenvalue weighted by Crippen LogP contribution is 2.68. The molecule has 0 amide bonds. The first kappa shape index (κ1) is 12.6. The lowest BCUT2D eigenvalue weighted by molar-refractivity contribution is -0.207. The van der Waals surface area contributed by atoms with Crippen molar-refractivity contribution in [2.45, 2.75) is 39.8 Å². The maximum Gasteiger partial charge on any atom is 0.450 e. The molecule has 0 saturated heterocycles. The van der Waals surface area contributed by atoms with Crippen molar-refractivity contribution in [3.63, 3.8) is 0 Å². The zero-order chi connectivity index (χ0) is 13.2. The third-order valence-electron chi connectivity index (χ3n) is 5.10. The summed E-state index contributed by atoms with van der Waals surface area (Å²) in [6, 6.07) is 0. The molecule has 0 N–H and O–H groups in total. The van der Waals surface area contributed by atoms with E-state index < -0.39 is 28.7 Å². The standard InChI is InChI=1S/C12H15F3O2/c1-10(2)7-5-11(10,3)8(16)4-6(7)9(17)12(13,14)15/h6-7H,4-5H2,1-3H3/t6?,7-,11+/m0/s1. The van der Waals surface area contributed by atoms with E-state index in [1.54, 1.807) is 20.8 Å². The molecule has 3 saturated carbocycles. The lowest BCUT2D eigenvalue weighted by Gasteiger charge is -2.65. The Morgan fingerprint density at radius 1 is 1.29 bits per heavy atom. The molecule has 3 aliphatic carbocycles. The van der Waals surface area contributed by atoms with Crippen molar-refractivity contribution in [1.82, 2.24) is 0 Å². The van der Waals surface area contributed by atoms with Gasteiger partial charge in [0.1, 0.15) is 5.78 Å². The number of ketones is 2. The van der Waals surface area contributed by atoms with E-state index in [2.05, 4.69) is 0 Å². The van der Waals surface area contributed by atoms with Crippen LogP contribution >= 0.6 is 0 Å². The fraction of sp³-hybridized carbons (Fsp3) is 0.833. The maximum atomic E-state index is 12.4. The Morgan fingerprint density at radius 2 is 1.82 bits per heavy atom. The summed E-state index contributed by atoms with van der Waals surface area (Å²) in [6.45, 7) is 5.36. The molecular weight excluding hydrogens is 233 g/mol. The summed E-state index contributed by atoms with van der Waals surface area (Å²) in [5.74, 6) is -3.42. The van der Waals surface area contributed by atoms with Crippen LogP contribution in [0.3, 0.4) is 0 Å². The number of carbonyl (C=O) groups excluding carboxylic acids is 2. The van der Waals surface area contributed by atoms with Crippen molar-refractivity contribution in [2.75, 3.05) is 0 Å². The van der Waals surface area contributed by atoms with Gasteiger partial charge in [0.2, 0.25) is 5.78 Å². The van der Waals surface area contributed by atoms with E-state index in [-0.39, 0.29) is 18.1 Å².